The standard InChI is InChI=1S/C14H16N2OS/c1-9-10(2)18-14(16-7-3-4-8-16)12(9)13(17)15-11-5-6-11/h3-4,7-8,11H,5-6H2,1-2H3,(H,15,17). The second kappa shape index (κ2) is 4.28. The minimum Gasteiger partial charge on any atom is -0.349 e. The lowest BCUT2D eigenvalue weighted by atomic mass is 10.1. The Morgan fingerprint density at radius 2 is 2.00 bits per heavy atom. The number of rotatable bonds is 3. The molecule has 18 heavy (non-hydrogen) atoms. The van der Waals surface area contributed by atoms with Crippen LogP contribution in [-0.2, 0) is 0 Å². The van der Waals surface area contributed by atoms with Gasteiger partial charge in [-0.05, 0) is 44.4 Å². The smallest absolute Gasteiger partial charge is 0.254 e. The minimum atomic E-state index is 0.0723. The molecule has 0 spiro atoms. The van der Waals surface area contributed by atoms with Crippen LogP contribution in [0.1, 0.15) is 33.6 Å². The summed E-state index contributed by atoms with van der Waals surface area (Å²) in [5, 5.41) is 4.10. The summed E-state index contributed by atoms with van der Waals surface area (Å²) in [5.74, 6) is 0.0723. The highest BCUT2D eigenvalue weighted by Gasteiger charge is 2.27. The van der Waals surface area contributed by atoms with E-state index in [0.717, 1.165) is 29.0 Å². The molecule has 3 rings (SSSR count). The largest absolute Gasteiger partial charge is 0.349 e. The summed E-state index contributed by atoms with van der Waals surface area (Å²) in [6.45, 7) is 4.10. The highest BCUT2D eigenvalue weighted by atomic mass is 32.1. The van der Waals surface area contributed by atoms with Crippen LogP contribution in [0.5, 0.6) is 0 Å². The first-order valence-electron chi connectivity index (χ1n) is 6.21. The summed E-state index contributed by atoms with van der Waals surface area (Å²) in [7, 11) is 0. The van der Waals surface area contributed by atoms with E-state index in [0.29, 0.717) is 6.04 Å². The first-order valence-corrected chi connectivity index (χ1v) is 7.02. The Balaban J connectivity index is 2.03. The van der Waals surface area contributed by atoms with Crippen molar-refractivity contribution in [2.75, 3.05) is 0 Å². The fourth-order valence-corrected chi connectivity index (χ4v) is 3.13. The van der Waals surface area contributed by atoms with Crippen LogP contribution in [0.2, 0.25) is 0 Å². The molecule has 0 aliphatic heterocycles. The van der Waals surface area contributed by atoms with E-state index < -0.39 is 0 Å². The van der Waals surface area contributed by atoms with E-state index in [9.17, 15) is 4.79 Å². The summed E-state index contributed by atoms with van der Waals surface area (Å²) < 4.78 is 2.02. The Morgan fingerprint density at radius 1 is 1.33 bits per heavy atom. The van der Waals surface area contributed by atoms with Crippen molar-refractivity contribution >= 4 is 17.2 Å². The molecule has 1 N–H and O–H groups in total. The molecule has 0 saturated heterocycles. The van der Waals surface area contributed by atoms with Crippen LogP contribution in [0.15, 0.2) is 24.5 Å². The Hall–Kier alpha value is -1.55. The van der Waals surface area contributed by atoms with E-state index in [2.05, 4.69) is 12.2 Å². The number of aryl methyl sites for hydroxylation is 1. The molecule has 3 nitrogen and oxygen atoms in total. The van der Waals surface area contributed by atoms with Crippen LogP contribution in [-0.4, -0.2) is 16.5 Å². The summed E-state index contributed by atoms with van der Waals surface area (Å²) >= 11 is 1.68. The SMILES string of the molecule is Cc1sc(-n2cccc2)c(C(=O)NC2CC2)c1C. The molecule has 4 heteroatoms. The lowest BCUT2D eigenvalue weighted by Gasteiger charge is -2.07. The second-order valence-corrected chi connectivity index (χ2v) is 6.00. The molecular formula is C14H16N2OS. The van der Waals surface area contributed by atoms with E-state index >= 15 is 0 Å². The monoisotopic (exact) mass is 260 g/mol. The Bertz CT molecular complexity index is 579. The molecule has 2 aromatic rings. The van der Waals surface area contributed by atoms with Crippen molar-refractivity contribution in [2.24, 2.45) is 0 Å². The van der Waals surface area contributed by atoms with Gasteiger partial charge in [-0.25, -0.2) is 0 Å². The highest BCUT2D eigenvalue weighted by molar-refractivity contribution is 7.15. The normalized spacial score (nSPS) is 14.8. The molecular weight excluding hydrogens is 244 g/mol. The van der Waals surface area contributed by atoms with Crippen LogP contribution in [0.25, 0.3) is 5.00 Å². The van der Waals surface area contributed by atoms with Gasteiger partial charge < -0.3 is 9.88 Å². The van der Waals surface area contributed by atoms with E-state index in [1.54, 1.807) is 11.3 Å². The minimum absolute atomic E-state index is 0.0723. The Morgan fingerprint density at radius 3 is 2.61 bits per heavy atom. The first kappa shape index (κ1) is 11.5. The van der Waals surface area contributed by atoms with Gasteiger partial charge in [0, 0.05) is 23.3 Å². The zero-order valence-electron chi connectivity index (χ0n) is 10.6. The first-order chi connectivity index (χ1) is 8.66. The zero-order chi connectivity index (χ0) is 12.7. The number of amides is 1. The summed E-state index contributed by atoms with van der Waals surface area (Å²) in [6, 6.07) is 4.36. The molecule has 0 bridgehead atoms. The molecule has 2 heterocycles. The fraction of sp³-hybridized carbons (Fsp3) is 0.357. The number of hydrogen-bond acceptors (Lipinski definition) is 2. The van der Waals surface area contributed by atoms with E-state index in [4.69, 9.17) is 0 Å². The Labute approximate surface area is 110 Å². The molecule has 1 aliphatic carbocycles. The lowest BCUT2D eigenvalue weighted by molar-refractivity contribution is 0.0951. The van der Waals surface area contributed by atoms with Crippen molar-refractivity contribution < 1.29 is 4.79 Å². The predicted molar refractivity (Wildman–Crippen MR) is 73.6 cm³/mol. The van der Waals surface area contributed by atoms with Gasteiger partial charge in [0.2, 0.25) is 0 Å². The van der Waals surface area contributed by atoms with Gasteiger partial charge in [-0.3, -0.25) is 4.79 Å². The zero-order valence-corrected chi connectivity index (χ0v) is 11.4. The van der Waals surface area contributed by atoms with E-state index in [-0.39, 0.29) is 5.91 Å². The topological polar surface area (TPSA) is 34.0 Å². The van der Waals surface area contributed by atoms with Gasteiger partial charge in [0.15, 0.2) is 0 Å². The third-order valence-corrected chi connectivity index (χ3v) is 4.57. The molecule has 0 aromatic carbocycles. The summed E-state index contributed by atoms with van der Waals surface area (Å²) in [4.78, 5) is 13.5. The van der Waals surface area contributed by atoms with Gasteiger partial charge in [-0.15, -0.1) is 11.3 Å². The van der Waals surface area contributed by atoms with Crippen molar-refractivity contribution in [3.05, 3.63) is 40.5 Å². The van der Waals surface area contributed by atoms with Crippen molar-refractivity contribution in [3.8, 4) is 5.00 Å². The maximum Gasteiger partial charge on any atom is 0.254 e. The number of carbonyl (C=O) groups is 1. The second-order valence-electron chi connectivity index (χ2n) is 4.80. The van der Waals surface area contributed by atoms with Gasteiger partial charge in [0.1, 0.15) is 5.00 Å². The molecule has 2 aromatic heterocycles. The molecule has 1 fully saturated rings. The van der Waals surface area contributed by atoms with Crippen molar-refractivity contribution in [3.63, 3.8) is 0 Å². The number of thiophene rings is 1. The van der Waals surface area contributed by atoms with Crippen molar-refractivity contribution in [1.29, 1.82) is 0 Å². The maximum absolute atomic E-state index is 12.3. The van der Waals surface area contributed by atoms with Gasteiger partial charge in [0.25, 0.3) is 5.91 Å². The van der Waals surface area contributed by atoms with Crippen LogP contribution in [0.3, 0.4) is 0 Å². The fourth-order valence-electron chi connectivity index (χ4n) is 2.01. The van der Waals surface area contributed by atoms with Gasteiger partial charge in [-0.1, -0.05) is 0 Å². The van der Waals surface area contributed by atoms with E-state index in [1.165, 1.54) is 4.88 Å². The average Bonchev–Trinajstić information content (AvgIpc) is 2.90. The molecule has 0 unspecified atom stereocenters. The van der Waals surface area contributed by atoms with Gasteiger partial charge in [-0.2, -0.15) is 0 Å². The van der Waals surface area contributed by atoms with Crippen LogP contribution < -0.4 is 5.32 Å². The van der Waals surface area contributed by atoms with Crippen LogP contribution in [0, 0.1) is 13.8 Å². The molecule has 1 saturated carbocycles. The number of aromatic nitrogens is 1. The summed E-state index contributed by atoms with van der Waals surface area (Å²) in [5.41, 5.74) is 1.93. The van der Waals surface area contributed by atoms with Crippen molar-refractivity contribution in [1.82, 2.24) is 9.88 Å². The van der Waals surface area contributed by atoms with Crippen LogP contribution >= 0.6 is 11.3 Å². The predicted octanol–water partition coefficient (Wildman–Crippen LogP) is 3.05. The van der Waals surface area contributed by atoms with Crippen molar-refractivity contribution in [2.45, 2.75) is 32.7 Å². The molecule has 0 radical (unpaired) electrons. The van der Waals surface area contributed by atoms with Crippen LogP contribution in [0.4, 0.5) is 0 Å². The van der Waals surface area contributed by atoms with E-state index in [1.807, 2.05) is 36.0 Å². The number of nitrogens with zero attached hydrogens (tertiary/aromatic N) is 1. The molecule has 1 aliphatic rings. The quantitative estimate of drug-likeness (QED) is 0.904. The Kier molecular flexibility index (Phi) is 2.74. The molecule has 94 valence electrons. The molecule has 0 atom stereocenters. The van der Waals surface area contributed by atoms with Gasteiger partial charge in [0.05, 0.1) is 5.56 Å². The molecule has 1 amide bonds. The lowest BCUT2D eigenvalue weighted by Crippen LogP contribution is -2.26. The number of hydrogen-bond donors (Lipinski definition) is 1. The average molecular weight is 260 g/mol. The third-order valence-electron chi connectivity index (χ3n) is 3.35. The highest BCUT2D eigenvalue weighted by Crippen LogP contribution is 2.31. The van der Waals surface area contributed by atoms with Gasteiger partial charge >= 0.3 is 0 Å². The maximum atomic E-state index is 12.3. The summed E-state index contributed by atoms with van der Waals surface area (Å²) in [6.07, 6.45) is 6.21. The number of carbonyl (C=O) groups excluding carboxylic acids is 1. The number of nitrogens with one attached hydrogen (secondary N) is 1. The third kappa shape index (κ3) is 1.97.